The highest BCUT2D eigenvalue weighted by molar-refractivity contribution is 5.93. The molecule has 3 aromatic rings. The third kappa shape index (κ3) is 5.28. The summed E-state index contributed by atoms with van der Waals surface area (Å²) in [7, 11) is 0. The second kappa shape index (κ2) is 8.80. The molecule has 0 spiro atoms. The van der Waals surface area contributed by atoms with Crippen molar-refractivity contribution < 1.29 is 9.53 Å². The van der Waals surface area contributed by atoms with E-state index >= 15 is 0 Å². The Morgan fingerprint density at radius 2 is 1.81 bits per heavy atom. The molecule has 0 bridgehead atoms. The van der Waals surface area contributed by atoms with E-state index in [9.17, 15) is 4.79 Å². The molecule has 0 radical (unpaired) electrons. The number of carbonyl (C=O) groups excluding carboxylic acids is 1. The number of carbonyl (C=O) groups is 1. The van der Waals surface area contributed by atoms with Crippen molar-refractivity contribution in [3.05, 3.63) is 77.6 Å². The third-order valence-corrected chi connectivity index (χ3v) is 3.87. The molecular weight excluding hydrogens is 340 g/mol. The highest BCUT2D eigenvalue weighted by Gasteiger charge is 2.07. The number of aromatic nitrogens is 2. The number of nitrogens with zero attached hydrogens (tertiary/aromatic N) is 2. The SMILES string of the molecule is CCOc1ccc(Nc2ncc(C(=O)NCc3cccc(C)c3)cn2)cc1. The molecule has 0 saturated heterocycles. The smallest absolute Gasteiger partial charge is 0.254 e. The molecule has 1 heterocycles. The van der Waals surface area contributed by atoms with Crippen LogP contribution < -0.4 is 15.4 Å². The monoisotopic (exact) mass is 362 g/mol. The van der Waals surface area contributed by atoms with Crippen molar-refractivity contribution in [3.63, 3.8) is 0 Å². The van der Waals surface area contributed by atoms with E-state index in [4.69, 9.17) is 4.74 Å². The first-order chi connectivity index (χ1) is 13.1. The lowest BCUT2D eigenvalue weighted by molar-refractivity contribution is 0.0950. The van der Waals surface area contributed by atoms with Gasteiger partial charge in [0.15, 0.2) is 0 Å². The molecule has 2 N–H and O–H groups in total. The van der Waals surface area contributed by atoms with Crippen molar-refractivity contribution in [2.24, 2.45) is 0 Å². The number of amides is 1. The Morgan fingerprint density at radius 3 is 2.48 bits per heavy atom. The van der Waals surface area contributed by atoms with Gasteiger partial charge in [0.25, 0.3) is 5.91 Å². The van der Waals surface area contributed by atoms with Gasteiger partial charge in [-0.25, -0.2) is 9.97 Å². The van der Waals surface area contributed by atoms with Crippen molar-refractivity contribution in [3.8, 4) is 5.75 Å². The Bertz CT molecular complexity index is 893. The van der Waals surface area contributed by atoms with E-state index in [0.29, 0.717) is 24.7 Å². The first-order valence-corrected chi connectivity index (χ1v) is 8.79. The highest BCUT2D eigenvalue weighted by Crippen LogP contribution is 2.18. The van der Waals surface area contributed by atoms with Crippen molar-refractivity contribution >= 4 is 17.5 Å². The van der Waals surface area contributed by atoms with E-state index in [0.717, 1.165) is 22.6 Å². The van der Waals surface area contributed by atoms with Crippen LogP contribution in [-0.2, 0) is 6.54 Å². The van der Waals surface area contributed by atoms with E-state index in [-0.39, 0.29) is 5.91 Å². The summed E-state index contributed by atoms with van der Waals surface area (Å²) in [6.07, 6.45) is 3.02. The van der Waals surface area contributed by atoms with Gasteiger partial charge in [-0.05, 0) is 43.7 Å². The largest absolute Gasteiger partial charge is 0.494 e. The van der Waals surface area contributed by atoms with Gasteiger partial charge >= 0.3 is 0 Å². The molecule has 0 aliphatic rings. The van der Waals surface area contributed by atoms with Crippen LogP contribution in [0.2, 0.25) is 0 Å². The van der Waals surface area contributed by atoms with Gasteiger partial charge in [-0.15, -0.1) is 0 Å². The molecule has 6 nitrogen and oxygen atoms in total. The number of rotatable bonds is 7. The van der Waals surface area contributed by atoms with E-state index < -0.39 is 0 Å². The van der Waals surface area contributed by atoms with Gasteiger partial charge in [0.2, 0.25) is 5.95 Å². The van der Waals surface area contributed by atoms with Crippen LogP contribution in [-0.4, -0.2) is 22.5 Å². The van der Waals surface area contributed by atoms with E-state index in [1.54, 1.807) is 0 Å². The van der Waals surface area contributed by atoms with E-state index in [1.165, 1.54) is 12.4 Å². The Morgan fingerprint density at radius 1 is 1.07 bits per heavy atom. The summed E-state index contributed by atoms with van der Waals surface area (Å²) in [5.74, 6) is 1.03. The van der Waals surface area contributed by atoms with Crippen molar-refractivity contribution in [1.82, 2.24) is 15.3 Å². The normalized spacial score (nSPS) is 10.3. The number of ether oxygens (including phenoxy) is 1. The van der Waals surface area contributed by atoms with Crippen LogP contribution in [0.3, 0.4) is 0 Å². The molecule has 0 aliphatic carbocycles. The lowest BCUT2D eigenvalue weighted by atomic mass is 10.1. The molecule has 0 fully saturated rings. The van der Waals surface area contributed by atoms with E-state index in [2.05, 4.69) is 20.6 Å². The minimum Gasteiger partial charge on any atom is -0.494 e. The van der Waals surface area contributed by atoms with Crippen LogP contribution in [0.25, 0.3) is 0 Å². The summed E-state index contributed by atoms with van der Waals surface area (Å²) in [5.41, 5.74) is 3.47. The fourth-order valence-electron chi connectivity index (χ4n) is 2.55. The van der Waals surface area contributed by atoms with Crippen LogP contribution in [0, 0.1) is 6.92 Å². The zero-order chi connectivity index (χ0) is 19.1. The fourth-order valence-corrected chi connectivity index (χ4v) is 2.55. The zero-order valence-electron chi connectivity index (χ0n) is 15.4. The molecule has 1 amide bonds. The molecule has 3 rings (SSSR count). The topological polar surface area (TPSA) is 76.1 Å². The second-order valence-electron chi connectivity index (χ2n) is 6.05. The Labute approximate surface area is 158 Å². The van der Waals surface area contributed by atoms with Gasteiger partial charge in [0, 0.05) is 24.6 Å². The summed E-state index contributed by atoms with van der Waals surface area (Å²) in [6.45, 7) is 5.06. The maximum Gasteiger partial charge on any atom is 0.254 e. The van der Waals surface area contributed by atoms with Crippen LogP contribution in [0.15, 0.2) is 60.9 Å². The number of aryl methyl sites for hydroxylation is 1. The predicted octanol–water partition coefficient (Wildman–Crippen LogP) is 3.86. The van der Waals surface area contributed by atoms with Gasteiger partial charge in [0.05, 0.1) is 12.2 Å². The Kier molecular flexibility index (Phi) is 5.99. The molecule has 27 heavy (non-hydrogen) atoms. The first-order valence-electron chi connectivity index (χ1n) is 8.79. The van der Waals surface area contributed by atoms with Crippen LogP contribution in [0.5, 0.6) is 5.75 Å². The van der Waals surface area contributed by atoms with Gasteiger partial charge in [-0.2, -0.15) is 0 Å². The quantitative estimate of drug-likeness (QED) is 0.667. The number of nitrogens with one attached hydrogen (secondary N) is 2. The number of benzene rings is 2. The van der Waals surface area contributed by atoms with Crippen LogP contribution >= 0.6 is 0 Å². The average molecular weight is 362 g/mol. The molecule has 6 heteroatoms. The summed E-state index contributed by atoms with van der Waals surface area (Å²) in [4.78, 5) is 20.7. The maximum atomic E-state index is 12.2. The molecule has 138 valence electrons. The van der Waals surface area contributed by atoms with Crippen LogP contribution in [0.4, 0.5) is 11.6 Å². The molecule has 2 aromatic carbocycles. The minimum atomic E-state index is -0.205. The molecule has 0 aliphatic heterocycles. The van der Waals surface area contributed by atoms with Crippen molar-refractivity contribution in [1.29, 1.82) is 0 Å². The number of anilines is 2. The van der Waals surface area contributed by atoms with Gasteiger partial charge in [-0.3, -0.25) is 4.79 Å². The number of hydrogen-bond donors (Lipinski definition) is 2. The summed E-state index contributed by atoms with van der Waals surface area (Å²) >= 11 is 0. The van der Waals surface area contributed by atoms with Gasteiger partial charge < -0.3 is 15.4 Å². The van der Waals surface area contributed by atoms with Crippen LogP contribution in [0.1, 0.15) is 28.4 Å². The fraction of sp³-hybridized carbons (Fsp3) is 0.190. The minimum absolute atomic E-state index is 0.205. The Hall–Kier alpha value is -3.41. The van der Waals surface area contributed by atoms with Gasteiger partial charge in [0.1, 0.15) is 5.75 Å². The predicted molar refractivity (Wildman–Crippen MR) is 105 cm³/mol. The summed E-state index contributed by atoms with van der Waals surface area (Å²) in [5, 5.41) is 5.97. The average Bonchev–Trinajstić information content (AvgIpc) is 2.68. The van der Waals surface area contributed by atoms with Crippen molar-refractivity contribution in [2.75, 3.05) is 11.9 Å². The van der Waals surface area contributed by atoms with E-state index in [1.807, 2.05) is 62.4 Å². The molecule has 1 aromatic heterocycles. The molecule has 0 unspecified atom stereocenters. The second-order valence-corrected chi connectivity index (χ2v) is 6.05. The lowest BCUT2D eigenvalue weighted by Crippen LogP contribution is -2.23. The molecular formula is C21H22N4O2. The first kappa shape index (κ1) is 18.4. The number of hydrogen-bond acceptors (Lipinski definition) is 5. The molecule has 0 saturated carbocycles. The Balaban J connectivity index is 1.56. The van der Waals surface area contributed by atoms with Crippen molar-refractivity contribution in [2.45, 2.75) is 20.4 Å². The summed E-state index contributed by atoms with van der Waals surface area (Å²) in [6, 6.07) is 15.5. The zero-order valence-corrected chi connectivity index (χ0v) is 15.4. The highest BCUT2D eigenvalue weighted by atomic mass is 16.5. The lowest BCUT2D eigenvalue weighted by Gasteiger charge is -2.08. The third-order valence-electron chi connectivity index (χ3n) is 3.87. The molecule has 0 atom stereocenters. The standard InChI is InChI=1S/C21H22N4O2/c1-3-27-19-9-7-18(8-10-19)25-21-23-13-17(14-24-21)20(26)22-12-16-6-4-5-15(2)11-16/h4-11,13-14H,3,12H2,1-2H3,(H,22,26)(H,23,24,25). The summed E-state index contributed by atoms with van der Waals surface area (Å²) < 4.78 is 5.41. The maximum absolute atomic E-state index is 12.2. The van der Waals surface area contributed by atoms with Gasteiger partial charge in [-0.1, -0.05) is 29.8 Å².